The number of hydrogen-bond donors (Lipinski definition) is 3. The molecule has 14 heteroatoms. The van der Waals surface area contributed by atoms with Crippen molar-refractivity contribution in [2.45, 2.75) is 25.9 Å². The molecular weight excluding hydrogens is 637 g/mol. The van der Waals surface area contributed by atoms with E-state index in [9.17, 15) is 27.6 Å². The van der Waals surface area contributed by atoms with Crippen molar-refractivity contribution in [1.29, 1.82) is 0 Å². The average molecular weight is 665 g/mol. The minimum absolute atomic E-state index is 0.131. The Labute approximate surface area is 253 Å². The van der Waals surface area contributed by atoms with Gasteiger partial charge in [0.15, 0.2) is 18.1 Å². The van der Waals surface area contributed by atoms with Gasteiger partial charge >= 0.3 is 18.0 Å². The van der Waals surface area contributed by atoms with Gasteiger partial charge in [-0.15, -0.1) is 0 Å². The molecule has 0 radical (unpaired) electrons. The Balaban J connectivity index is 1.52. The highest BCUT2D eigenvalue weighted by Crippen LogP contribution is 2.36. The largest absolute Gasteiger partial charge is 0.494 e. The highest BCUT2D eigenvalue weighted by Gasteiger charge is 2.34. The van der Waals surface area contributed by atoms with Gasteiger partial charge in [0.25, 0.3) is 5.91 Å². The molecule has 0 heterocycles. The van der Waals surface area contributed by atoms with Gasteiger partial charge in [0.1, 0.15) is 5.75 Å². The van der Waals surface area contributed by atoms with Gasteiger partial charge in [-0.2, -0.15) is 18.3 Å². The molecule has 0 saturated heterocycles. The summed E-state index contributed by atoms with van der Waals surface area (Å²) in [5.41, 5.74) is 1.54. The second-order valence-electron chi connectivity index (χ2n) is 8.81. The summed E-state index contributed by atoms with van der Waals surface area (Å²) in [7, 11) is 1.34. The maximum Gasteiger partial charge on any atom is 0.418 e. The van der Waals surface area contributed by atoms with Gasteiger partial charge in [-0.25, -0.2) is 5.43 Å². The summed E-state index contributed by atoms with van der Waals surface area (Å²) < 4.78 is 56.3. The van der Waals surface area contributed by atoms with Gasteiger partial charge in [-0.05, 0) is 72.6 Å². The number of hydrogen-bond acceptors (Lipinski definition) is 7. The van der Waals surface area contributed by atoms with Crippen LogP contribution >= 0.6 is 15.9 Å². The molecule has 3 rings (SSSR count). The van der Waals surface area contributed by atoms with Crippen molar-refractivity contribution >= 4 is 51.2 Å². The topological polar surface area (TPSA) is 127 Å². The summed E-state index contributed by atoms with van der Waals surface area (Å²) in [5, 5.41) is 8.41. The van der Waals surface area contributed by atoms with Crippen LogP contribution in [0.1, 0.15) is 30.9 Å². The molecule has 0 spiro atoms. The summed E-state index contributed by atoms with van der Waals surface area (Å²) in [6, 6.07) is 14.4. The predicted octanol–water partition coefficient (Wildman–Crippen LogP) is 5.76. The Bertz CT molecular complexity index is 1470. The highest BCUT2D eigenvalue weighted by molar-refractivity contribution is 9.10. The van der Waals surface area contributed by atoms with E-state index in [0.29, 0.717) is 23.6 Å². The van der Waals surface area contributed by atoms with E-state index in [1.54, 1.807) is 24.3 Å². The molecular formula is C29H28BrF3N4O6. The number of nitrogens with zero attached hydrogens (tertiary/aromatic N) is 1. The van der Waals surface area contributed by atoms with E-state index in [-0.39, 0.29) is 16.0 Å². The monoisotopic (exact) mass is 664 g/mol. The number of amides is 3. The number of ether oxygens (including phenoxy) is 3. The first-order chi connectivity index (χ1) is 20.5. The van der Waals surface area contributed by atoms with Gasteiger partial charge in [0.2, 0.25) is 0 Å². The third kappa shape index (κ3) is 10.3. The van der Waals surface area contributed by atoms with E-state index < -0.39 is 41.8 Å². The Morgan fingerprint density at radius 3 is 2.35 bits per heavy atom. The van der Waals surface area contributed by atoms with Crippen LogP contribution in [-0.2, 0) is 20.6 Å². The van der Waals surface area contributed by atoms with Crippen molar-refractivity contribution in [2.75, 3.05) is 31.0 Å². The Morgan fingerprint density at radius 1 is 0.930 bits per heavy atom. The van der Waals surface area contributed by atoms with Crippen LogP contribution < -0.4 is 30.3 Å². The molecule has 0 unspecified atom stereocenters. The highest BCUT2D eigenvalue weighted by atomic mass is 79.9. The lowest BCUT2D eigenvalue weighted by Gasteiger charge is -2.15. The van der Waals surface area contributed by atoms with Crippen LogP contribution in [0.25, 0.3) is 0 Å². The zero-order valence-electron chi connectivity index (χ0n) is 23.1. The van der Waals surface area contributed by atoms with E-state index >= 15 is 0 Å². The van der Waals surface area contributed by atoms with Gasteiger partial charge in [-0.1, -0.05) is 29.3 Å². The number of carbonyl (C=O) groups is 3. The summed E-state index contributed by atoms with van der Waals surface area (Å²) >= 11 is 2.99. The fourth-order valence-electron chi connectivity index (χ4n) is 3.45. The number of nitrogens with one attached hydrogen (secondary N) is 3. The van der Waals surface area contributed by atoms with Crippen molar-refractivity contribution in [2.24, 2.45) is 5.10 Å². The molecule has 0 aliphatic heterocycles. The van der Waals surface area contributed by atoms with E-state index in [0.717, 1.165) is 25.0 Å². The Kier molecular flexibility index (Phi) is 11.9. The first kappa shape index (κ1) is 32.9. The van der Waals surface area contributed by atoms with E-state index in [1.807, 2.05) is 0 Å². The van der Waals surface area contributed by atoms with Crippen molar-refractivity contribution in [3.8, 4) is 17.2 Å². The molecule has 10 nitrogen and oxygen atoms in total. The second kappa shape index (κ2) is 15.6. The summed E-state index contributed by atoms with van der Waals surface area (Å²) in [4.78, 5) is 36.6. The minimum atomic E-state index is -4.67. The van der Waals surface area contributed by atoms with Crippen LogP contribution in [0.5, 0.6) is 17.2 Å². The van der Waals surface area contributed by atoms with E-state index in [4.69, 9.17) is 14.2 Å². The SMILES string of the molecule is CCCCOc1ccc(NC(=O)C(=O)N/N=C\c2ccc(OCC(=O)Nc3ccc(Br)cc3C(F)(F)F)c(OC)c2)cc1. The Morgan fingerprint density at radius 2 is 1.67 bits per heavy atom. The van der Waals surface area contributed by atoms with Gasteiger partial charge in [0.05, 0.1) is 31.2 Å². The molecule has 0 aliphatic carbocycles. The van der Waals surface area contributed by atoms with Gasteiger partial charge < -0.3 is 24.8 Å². The van der Waals surface area contributed by atoms with Crippen LogP contribution in [-0.4, -0.2) is 44.3 Å². The Hall–Kier alpha value is -4.59. The molecule has 3 aromatic rings. The zero-order valence-corrected chi connectivity index (χ0v) is 24.7. The number of rotatable bonds is 12. The quantitative estimate of drug-likeness (QED) is 0.0978. The molecule has 0 saturated carbocycles. The third-order valence-electron chi connectivity index (χ3n) is 5.57. The first-order valence-electron chi connectivity index (χ1n) is 12.8. The molecule has 228 valence electrons. The number of alkyl halides is 3. The molecule has 0 atom stereocenters. The van der Waals surface area contributed by atoms with Crippen LogP contribution in [0.3, 0.4) is 0 Å². The second-order valence-corrected chi connectivity index (χ2v) is 9.73. The first-order valence-corrected chi connectivity index (χ1v) is 13.6. The predicted molar refractivity (Wildman–Crippen MR) is 157 cm³/mol. The van der Waals surface area contributed by atoms with Gasteiger partial charge in [0, 0.05) is 10.2 Å². The lowest BCUT2D eigenvalue weighted by molar-refractivity contribution is -0.137. The van der Waals surface area contributed by atoms with Crippen LogP contribution in [0.15, 0.2) is 70.2 Å². The zero-order chi connectivity index (χ0) is 31.4. The lowest BCUT2D eigenvalue weighted by atomic mass is 10.1. The molecule has 3 aromatic carbocycles. The van der Waals surface area contributed by atoms with E-state index in [2.05, 4.69) is 44.0 Å². The maximum absolute atomic E-state index is 13.3. The van der Waals surface area contributed by atoms with Gasteiger partial charge in [-0.3, -0.25) is 14.4 Å². The molecule has 0 aromatic heterocycles. The summed E-state index contributed by atoms with van der Waals surface area (Å²) in [6.45, 7) is 2.04. The number of methoxy groups -OCH3 is 1. The third-order valence-corrected chi connectivity index (χ3v) is 6.07. The number of anilines is 2. The molecule has 43 heavy (non-hydrogen) atoms. The van der Waals surface area contributed by atoms with Crippen LogP contribution in [0.2, 0.25) is 0 Å². The van der Waals surface area contributed by atoms with E-state index in [1.165, 1.54) is 37.6 Å². The number of carbonyl (C=O) groups excluding carboxylic acids is 3. The number of unbranched alkanes of at least 4 members (excludes halogenated alkanes) is 1. The normalized spacial score (nSPS) is 11.1. The summed E-state index contributed by atoms with van der Waals surface area (Å²) in [6.07, 6.45) is -1.49. The molecule has 3 amide bonds. The number of halogens is 4. The van der Waals surface area contributed by atoms with Crippen LogP contribution in [0, 0.1) is 0 Å². The fourth-order valence-corrected chi connectivity index (χ4v) is 3.81. The minimum Gasteiger partial charge on any atom is -0.494 e. The number of benzene rings is 3. The molecule has 3 N–H and O–H groups in total. The number of hydrazone groups is 1. The lowest BCUT2D eigenvalue weighted by Crippen LogP contribution is -2.32. The summed E-state index contributed by atoms with van der Waals surface area (Å²) in [5.74, 6) is -1.79. The molecule has 0 bridgehead atoms. The smallest absolute Gasteiger partial charge is 0.418 e. The molecule has 0 aliphatic rings. The van der Waals surface area contributed by atoms with Crippen LogP contribution in [0.4, 0.5) is 24.5 Å². The maximum atomic E-state index is 13.3. The van der Waals surface area contributed by atoms with Crippen molar-refractivity contribution in [3.63, 3.8) is 0 Å². The van der Waals surface area contributed by atoms with Crippen molar-refractivity contribution in [3.05, 3.63) is 76.3 Å². The van der Waals surface area contributed by atoms with Crippen molar-refractivity contribution in [1.82, 2.24) is 5.43 Å². The standard InChI is InChI=1S/C29H28BrF3N4O6/c1-3-4-13-42-21-9-7-20(8-10-21)35-27(39)28(40)37-34-16-18-5-12-24(25(14-18)41-2)43-17-26(38)36-23-11-6-19(30)15-22(23)29(31,32)33/h5-12,14-16H,3-4,13,17H2,1-2H3,(H,35,39)(H,36,38)(H,37,40)/b34-16-. The molecule has 0 fully saturated rings. The average Bonchev–Trinajstić information content (AvgIpc) is 2.97. The van der Waals surface area contributed by atoms with Crippen molar-refractivity contribution < 1.29 is 41.8 Å². The fraction of sp³-hybridized carbons (Fsp3) is 0.241.